The molecule has 0 aromatic heterocycles. The highest BCUT2D eigenvalue weighted by atomic mass is 19.3. The molecule has 0 bridgehead atoms. The maximum absolute atomic E-state index is 12.2. The summed E-state index contributed by atoms with van der Waals surface area (Å²) in [6.07, 6.45) is -0.840. The summed E-state index contributed by atoms with van der Waals surface area (Å²) in [4.78, 5) is 22.5. The van der Waals surface area contributed by atoms with Crippen molar-refractivity contribution < 1.29 is 33.0 Å². The Morgan fingerprint density at radius 2 is 1.86 bits per heavy atom. The summed E-state index contributed by atoms with van der Waals surface area (Å²) in [5.41, 5.74) is -1.09. The Balaban J connectivity index is 2.97. The number of anilines is 1. The van der Waals surface area contributed by atoms with Gasteiger partial charge in [0.15, 0.2) is 0 Å². The Bertz CT molecular complexity index is 540. The average molecular weight is 303 g/mol. The van der Waals surface area contributed by atoms with Gasteiger partial charge in [-0.3, -0.25) is 5.32 Å². The van der Waals surface area contributed by atoms with E-state index in [0.717, 1.165) is 18.2 Å². The van der Waals surface area contributed by atoms with E-state index in [0.29, 0.717) is 0 Å². The van der Waals surface area contributed by atoms with Crippen LogP contribution in [0.4, 0.5) is 19.3 Å². The SMILES string of the molecule is CC(C)(C)OC(=O)Nc1cc(OC(F)F)cc(C(=O)O)c1. The van der Waals surface area contributed by atoms with E-state index in [-0.39, 0.29) is 17.0 Å². The summed E-state index contributed by atoms with van der Waals surface area (Å²) in [5.74, 6) is -1.72. The van der Waals surface area contributed by atoms with Gasteiger partial charge >= 0.3 is 18.7 Å². The quantitative estimate of drug-likeness (QED) is 0.891. The maximum atomic E-state index is 12.2. The molecule has 8 heteroatoms. The van der Waals surface area contributed by atoms with Gasteiger partial charge in [-0.1, -0.05) is 0 Å². The number of hydrogen-bond acceptors (Lipinski definition) is 4. The lowest BCUT2D eigenvalue weighted by molar-refractivity contribution is -0.0498. The Labute approximate surface area is 119 Å². The van der Waals surface area contributed by atoms with Gasteiger partial charge in [-0.2, -0.15) is 8.78 Å². The number of halogens is 2. The molecule has 0 aliphatic carbocycles. The van der Waals surface area contributed by atoms with Crippen molar-refractivity contribution in [3.05, 3.63) is 23.8 Å². The lowest BCUT2D eigenvalue weighted by Gasteiger charge is -2.20. The van der Waals surface area contributed by atoms with E-state index in [2.05, 4.69) is 10.1 Å². The molecule has 0 unspecified atom stereocenters. The Morgan fingerprint density at radius 1 is 1.24 bits per heavy atom. The molecule has 0 saturated carbocycles. The Hall–Kier alpha value is -2.38. The monoisotopic (exact) mass is 303 g/mol. The minimum Gasteiger partial charge on any atom is -0.478 e. The van der Waals surface area contributed by atoms with Gasteiger partial charge in [0.1, 0.15) is 11.4 Å². The summed E-state index contributed by atoms with van der Waals surface area (Å²) in [6.45, 7) is 1.83. The molecular weight excluding hydrogens is 288 g/mol. The van der Waals surface area contributed by atoms with Crippen LogP contribution in [0.5, 0.6) is 5.75 Å². The highest BCUT2D eigenvalue weighted by molar-refractivity contribution is 5.92. The van der Waals surface area contributed by atoms with Gasteiger partial charge in [0, 0.05) is 11.8 Å². The molecule has 0 radical (unpaired) electrons. The molecule has 21 heavy (non-hydrogen) atoms. The van der Waals surface area contributed by atoms with Crippen LogP contribution in [0, 0.1) is 0 Å². The van der Waals surface area contributed by atoms with Gasteiger partial charge in [-0.05, 0) is 32.9 Å². The molecule has 0 fully saturated rings. The number of rotatable bonds is 4. The van der Waals surface area contributed by atoms with Crippen molar-refractivity contribution in [2.75, 3.05) is 5.32 Å². The van der Waals surface area contributed by atoms with E-state index in [4.69, 9.17) is 9.84 Å². The fourth-order valence-electron chi connectivity index (χ4n) is 1.39. The highest BCUT2D eigenvalue weighted by Crippen LogP contribution is 2.23. The zero-order valence-electron chi connectivity index (χ0n) is 11.6. The van der Waals surface area contributed by atoms with Crippen molar-refractivity contribution in [3.8, 4) is 5.75 Å². The molecule has 0 heterocycles. The molecule has 6 nitrogen and oxygen atoms in total. The van der Waals surface area contributed by atoms with Gasteiger partial charge in [0.05, 0.1) is 5.56 Å². The number of nitrogens with one attached hydrogen (secondary N) is 1. The second-order valence-corrected chi connectivity index (χ2v) is 5.06. The summed E-state index contributed by atoms with van der Waals surface area (Å²) in [6, 6.07) is 3.10. The number of carbonyl (C=O) groups is 2. The van der Waals surface area contributed by atoms with Crippen LogP contribution in [0.25, 0.3) is 0 Å². The lowest BCUT2D eigenvalue weighted by atomic mass is 10.2. The van der Waals surface area contributed by atoms with E-state index in [1.54, 1.807) is 20.8 Å². The third kappa shape index (κ3) is 6.07. The van der Waals surface area contributed by atoms with Gasteiger partial charge in [-0.15, -0.1) is 0 Å². The Kier molecular flexibility index (Phi) is 5.07. The molecule has 116 valence electrons. The van der Waals surface area contributed by atoms with E-state index in [1.807, 2.05) is 0 Å². The molecule has 2 N–H and O–H groups in total. The molecule has 0 saturated heterocycles. The molecule has 0 aliphatic heterocycles. The van der Waals surface area contributed by atoms with E-state index < -0.39 is 24.3 Å². The second-order valence-electron chi connectivity index (χ2n) is 5.06. The van der Waals surface area contributed by atoms with Crippen LogP contribution in [-0.4, -0.2) is 29.4 Å². The van der Waals surface area contributed by atoms with Crippen LogP contribution in [0.15, 0.2) is 18.2 Å². The first-order valence-corrected chi connectivity index (χ1v) is 5.90. The molecule has 0 aliphatic rings. The van der Waals surface area contributed by atoms with Crippen molar-refractivity contribution in [1.29, 1.82) is 0 Å². The standard InChI is InChI=1S/C13H15F2NO5/c1-13(2,3)21-12(19)16-8-4-7(10(17)18)5-9(6-8)20-11(14)15/h4-6,11H,1-3H3,(H,16,19)(H,17,18). The summed E-state index contributed by atoms with van der Waals surface area (Å²) in [5, 5.41) is 11.2. The fraction of sp³-hybridized carbons (Fsp3) is 0.385. The van der Waals surface area contributed by atoms with Crippen molar-refractivity contribution in [2.24, 2.45) is 0 Å². The van der Waals surface area contributed by atoms with Crippen LogP contribution < -0.4 is 10.1 Å². The van der Waals surface area contributed by atoms with Crippen molar-refractivity contribution >= 4 is 17.7 Å². The molecule has 1 aromatic carbocycles. The van der Waals surface area contributed by atoms with Crippen molar-refractivity contribution in [3.63, 3.8) is 0 Å². The third-order valence-corrected chi connectivity index (χ3v) is 2.02. The van der Waals surface area contributed by atoms with Gasteiger partial charge < -0.3 is 14.6 Å². The smallest absolute Gasteiger partial charge is 0.412 e. The maximum Gasteiger partial charge on any atom is 0.412 e. The normalized spacial score (nSPS) is 11.1. The number of alkyl halides is 2. The minimum atomic E-state index is -3.11. The van der Waals surface area contributed by atoms with Crippen LogP contribution in [0.2, 0.25) is 0 Å². The molecule has 1 amide bonds. The van der Waals surface area contributed by atoms with Crippen LogP contribution in [0.1, 0.15) is 31.1 Å². The minimum absolute atomic E-state index is 0.0280. The summed E-state index contributed by atoms with van der Waals surface area (Å²) < 4.78 is 33.5. The average Bonchev–Trinajstić information content (AvgIpc) is 2.24. The molecule has 0 atom stereocenters. The zero-order chi connectivity index (χ0) is 16.2. The van der Waals surface area contributed by atoms with Gasteiger partial charge in [-0.25, -0.2) is 9.59 Å². The number of hydrogen-bond donors (Lipinski definition) is 2. The van der Waals surface area contributed by atoms with E-state index in [9.17, 15) is 18.4 Å². The molecule has 0 spiro atoms. The van der Waals surface area contributed by atoms with Crippen molar-refractivity contribution in [2.45, 2.75) is 33.0 Å². The zero-order valence-corrected chi connectivity index (χ0v) is 11.6. The van der Waals surface area contributed by atoms with Crippen molar-refractivity contribution in [1.82, 2.24) is 0 Å². The fourth-order valence-corrected chi connectivity index (χ4v) is 1.39. The Morgan fingerprint density at radius 3 is 2.33 bits per heavy atom. The topological polar surface area (TPSA) is 84.9 Å². The lowest BCUT2D eigenvalue weighted by Crippen LogP contribution is -2.27. The van der Waals surface area contributed by atoms with Crippen LogP contribution in [-0.2, 0) is 4.74 Å². The van der Waals surface area contributed by atoms with Crippen LogP contribution >= 0.6 is 0 Å². The first-order valence-electron chi connectivity index (χ1n) is 5.90. The number of aromatic carboxylic acids is 1. The summed E-state index contributed by atoms with van der Waals surface area (Å²) in [7, 11) is 0. The largest absolute Gasteiger partial charge is 0.478 e. The first kappa shape index (κ1) is 16.7. The number of carboxylic acids is 1. The highest BCUT2D eigenvalue weighted by Gasteiger charge is 2.18. The molecule has 1 aromatic rings. The second kappa shape index (κ2) is 6.38. The van der Waals surface area contributed by atoms with Crippen LogP contribution in [0.3, 0.4) is 0 Å². The third-order valence-electron chi connectivity index (χ3n) is 2.02. The van der Waals surface area contributed by atoms with Gasteiger partial charge in [0.2, 0.25) is 0 Å². The summed E-state index contributed by atoms with van der Waals surface area (Å²) >= 11 is 0. The number of carbonyl (C=O) groups excluding carboxylic acids is 1. The predicted molar refractivity (Wildman–Crippen MR) is 69.9 cm³/mol. The van der Waals surface area contributed by atoms with E-state index >= 15 is 0 Å². The number of ether oxygens (including phenoxy) is 2. The number of carboxylic acid groups (broad SMARTS) is 1. The molecule has 1 rings (SSSR count). The van der Waals surface area contributed by atoms with E-state index in [1.165, 1.54) is 0 Å². The van der Waals surface area contributed by atoms with Gasteiger partial charge in [0.25, 0.3) is 0 Å². The number of benzene rings is 1. The molecular formula is C13H15F2NO5. The predicted octanol–water partition coefficient (Wildman–Crippen LogP) is 3.33. The first-order chi connectivity index (χ1) is 9.56. The number of amides is 1.